The minimum atomic E-state index is 0.314. The minimum absolute atomic E-state index is 0.314. The number of ether oxygens (including phenoxy) is 2. The van der Waals surface area contributed by atoms with Crippen LogP contribution in [0.1, 0.15) is 25.5 Å². The van der Waals surface area contributed by atoms with E-state index in [4.69, 9.17) is 9.47 Å². The number of unbranched alkanes of at least 4 members (excludes halogenated alkanes) is 1. The first kappa shape index (κ1) is 10.4. The van der Waals surface area contributed by atoms with Crippen LogP contribution in [0.4, 0.5) is 0 Å². The molecule has 1 aliphatic rings. The van der Waals surface area contributed by atoms with Crippen LogP contribution in [0.5, 0.6) is 11.5 Å². The average molecular weight is 229 g/mol. The standard InChI is InChI=1S/C14H15NO2/c1-2-3-4-11-6-5-10-7-13-14(17-9-16-13)8-12(10)15-11/h5-8H,2-4,9H2,1H3. The molecule has 0 radical (unpaired) electrons. The number of nitrogens with zero attached hydrogens (tertiary/aromatic N) is 1. The Morgan fingerprint density at radius 3 is 2.82 bits per heavy atom. The summed E-state index contributed by atoms with van der Waals surface area (Å²) in [5.41, 5.74) is 2.14. The zero-order valence-corrected chi connectivity index (χ0v) is 9.90. The average Bonchev–Trinajstić information content (AvgIpc) is 2.80. The Hall–Kier alpha value is -1.77. The molecule has 17 heavy (non-hydrogen) atoms. The molecule has 1 aliphatic heterocycles. The fourth-order valence-electron chi connectivity index (χ4n) is 2.05. The molecule has 0 unspecified atom stereocenters. The van der Waals surface area contributed by atoms with Gasteiger partial charge in [0.15, 0.2) is 11.5 Å². The molecule has 88 valence electrons. The van der Waals surface area contributed by atoms with E-state index in [0.717, 1.165) is 34.5 Å². The Balaban J connectivity index is 2.01. The lowest BCUT2D eigenvalue weighted by Gasteiger charge is -2.03. The van der Waals surface area contributed by atoms with Gasteiger partial charge in [0.2, 0.25) is 6.79 Å². The van der Waals surface area contributed by atoms with E-state index in [9.17, 15) is 0 Å². The number of aromatic nitrogens is 1. The molecule has 0 spiro atoms. The highest BCUT2D eigenvalue weighted by Crippen LogP contribution is 2.35. The topological polar surface area (TPSA) is 31.4 Å². The number of fused-ring (bicyclic) bond motifs is 2. The van der Waals surface area contributed by atoms with E-state index in [1.165, 1.54) is 12.8 Å². The van der Waals surface area contributed by atoms with Gasteiger partial charge >= 0.3 is 0 Å². The van der Waals surface area contributed by atoms with E-state index in [1.54, 1.807) is 0 Å². The molecule has 1 aromatic heterocycles. The smallest absolute Gasteiger partial charge is 0.231 e. The summed E-state index contributed by atoms with van der Waals surface area (Å²) in [7, 11) is 0. The van der Waals surface area contributed by atoms with E-state index >= 15 is 0 Å². The van der Waals surface area contributed by atoms with Gasteiger partial charge in [-0.05, 0) is 25.0 Å². The predicted molar refractivity (Wildman–Crippen MR) is 66.5 cm³/mol. The van der Waals surface area contributed by atoms with E-state index in [1.807, 2.05) is 12.1 Å². The Kier molecular flexibility index (Phi) is 2.59. The van der Waals surface area contributed by atoms with Gasteiger partial charge in [-0.3, -0.25) is 4.98 Å². The molecule has 3 nitrogen and oxygen atoms in total. The summed E-state index contributed by atoms with van der Waals surface area (Å²) in [5, 5.41) is 1.11. The molecular formula is C14H15NO2. The van der Waals surface area contributed by atoms with Crippen molar-refractivity contribution in [3.05, 3.63) is 30.0 Å². The Labute approximate surface area is 100 Å². The highest BCUT2D eigenvalue weighted by atomic mass is 16.7. The second-order valence-electron chi connectivity index (χ2n) is 4.30. The van der Waals surface area contributed by atoms with E-state index in [2.05, 4.69) is 24.0 Å². The van der Waals surface area contributed by atoms with Crippen LogP contribution in [-0.4, -0.2) is 11.8 Å². The highest BCUT2D eigenvalue weighted by Gasteiger charge is 2.14. The van der Waals surface area contributed by atoms with Crippen molar-refractivity contribution in [2.24, 2.45) is 0 Å². The fourth-order valence-corrected chi connectivity index (χ4v) is 2.05. The monoisotopic (exact) mass is 229 g/mol. The summed E-state index contributed by atoms with van der Waals surface area (Å²) in [6.45, 7) is 2.51. The van der Waals surface area contributed by atoms with Crippen LogP contribution >= 0.6 is 0 Å². The second-order valence-corrected chi connectivity index (χ2v) is 4.30. The first-order chi connectivity index (χ1) is 8.36. The van der Waals surface area contributed by atoms with Gasteiger partial charge in [0, 0.05) is 17.1 Å². The third kappa shape index (κ3) is 1.93. The van der Waals surface area contributed by atoms with Crippen molar-refractivity contribution in [2.75, 3.05) is 6.79 Å². The molecule has 0 saturated carbocycles. The minimum Gasteiger partial charge on any atom is -0.454 e. The number of pyridine rings is 1. The van der Waals surface area contributed by atoms with E-state index in [0.29, 0.717) is 6.79 Å². The largest absolute Gasteiger partial charge is 0.454 e. The zero-order valence-electron chi connectivity index (χ0n) is 9.90. The lowest BCUT2D eigenvalue weighted by molar-refractivity contribution is 0.174. The zero-order chi connectivity index (χ0) is 11.7. The Morgan fingerprint density at radius 2 is 2.00 bits per heavy atom. The van der Waals surface area contributed by atoms with Crippen molar-refractivity contribution in [2.45, 2.75) is 26.2 Å². The third-order valence-electron chi connectivity index (χ3n) is 3.03. The molecule has 0 atom stereocenters. The molecule has 1 aromatic carbocycles. The van der Waals surface area contributed by atoms with Gasteiger partial charge in [-0.2, -0.15) is 0 Å². The highest BCUT2D eigenvalue weighted by molar-refractivity contribution is 5.83. The number of hydrogen-bond donors (Lipinski definition) is 0. The number of hydrogen-bond acceptors (Lipinski definition) is 3. The molecular weight excluding hydrogens is 214 g/mol. The second kappa shape index (κ2) is 4.24. The van der Waals surface area contributed by atoms with Gasteiger partial charge in [-0.25, -0.2) is 0 Å². The summed E-state index contributed by atoms with van der Waals surface area (Å²) in [4.78, 5) is 4.65. The lowest BCUT2D eigenvalue weighted by atomic mass is 10.1. The number of aryl methyl sites for hydroxylation is 1. The maximum atomic E-state index is 5.37. The quantitative estimate of drug-likeness (QED) is 0.809. The third-order valence-corrected chi connectivity index (χ3v) is 3.03. The van der Waals surface area contributed by atoms with Crippen molar-refractivity contribution >= 4 is 10.9 Å². The van der Waals surface area contributed by atoms with Crippen molar-refractivity contribution in [3.63, 3.8) is 0 Å². The summed E-state index contributed by atoms with van der Waals surface area (Å²) in [5.74, 6) is 1.62. The molecule has 0 N–H and O–H groups in total. The molecule has 0 fully saturated rings. The maximum absolute atomic E-state index is 5.37. The summed E-state index contributed by atoms with van der Waals surface area (Å²) < 4.78 is 10.7. The molecule has 2 heterocycles. The van der Waals surface area contributed by atoms with Gasteiger partial charge in [0.05, 0.1) is 5.52 Å². The molecule has 0 saturated heterocycles. The first-order valence-electron chi connectivity index (χ1n) is 6.06. The van der Waals surface area contributed by atoms with Crippen LogP contribution in [0.2, 0.25) is 0 Å². The molecule has 3 rings (SSSR count). The molecule has 2 aromatic rings. The maximum Gasteiger partial charge on any atom is 0.231 e. The van der Waals surface area contributed by atoms with Crippen LogP contribution in [-0.2, 0) is 6.42 Å². The van der Waals surface area contributed by atoms with Crippen LogP contribution in [0.3, 0.4) is 0 Å². The van der Waals surface area contributed by atoms with Crippen LogP contribution < -0.4 is 9.47 Å². The predicted octanol–water partition coefficient (Wildman–Crippen LogP) is 3.31. The fraction of sp³-hybridized carbons (Fsp3) is 0.357. The first-order valence-corrected chi connectivity index (χ1v) is 6.06. The van der Waals surface area contributed by atoms with Crippen molar-refractivity contribution in [1.82, 2.24) is 4.98 Å². The van der Waals surface area contributed by atoms with Crippen LogP contribution in [0.15, 0.2) is 24.3 Å². The van der Waals surface area contributed by atoms with Crippen molar-refractivity contribution < 1.29 is 9.47 Å². The van der Waals surface area contributed by atoms with Gasteiger partial charge in [-0.15, -0.1) is 0 Å². The van der Waals surface area contributed by atoms with Crippen molar-refractivity contribution in [1.29, 1.82) is 0 Å². The van der Waals surface area contributed by atoms with Crippen molar-refractivity contribution in [3.8, 4) is 11.5 Å². The lowest BCUT2D eigenvalue weighted by Crippen LogP contribution is -1.92. The summed E-state index contributed by atoms with van der Waals surface area (Å²) >= 11 is 0. The molecule has 0 aliphatic carbocycles. The van der Waals surface area contributed by atoms with Gasteiger partial charge in [0.25, 0.3) is 0 Å². The van der Waals surface area contributed by atoms with E-state index in [-0.39, 0.29) is 0 Å². The SMILES string of the molecule is CCCCc1ccc2cc3c(cc2n1)OCO3. The van der Waals surface area contributed by atoms with Gasteiger partial charge in [0.1, 0.15) is 0 Å². The number of rotatable bonds is 3. The normalized spacial score (nSPS) is 13.2. The summed E-state index contributed by atoms with van der Waals surface area (Å²) in [6, 6.07) is 8.16. The Bertz CT molecular complexity index is 551. The molecule has 0 bridgehead atoms. The van der Waals surface area contributed by atoms with Gasteiger partial charge in [-0.1, -0.05) is 19.4 Å². The van der Waals surface area contributed by atoms with Gasteiger partial charge < -0.3 is 9.47 Å². The summed E-state index contributed by atoms with van der Waals surface area (Å²) in [6.07, 6.45) is 3.42. The molecule has 3 heteroatoms. The Morgan fingerprint density at radius 1 is 1.18 bits per heavy atom. The van der Waals surface area contributed by atoms with E-state index < -0.39 is 0 Å². The van der Waals surface area contributed by atoms with Crippen LogP contribution in [0.25, 0.3) is 10.9 Å². The molecule has 0 amide bonds. The number of benzene rings is 1. The van der Waals surface area contributed by atoms with Crippen LogP contribution in [0, 0.1) is 0 Å².